The third kappa shape index (κ3) is 4.69. The summed E-state index contributed by atoms with van der Waals surface area (Å²) in [5, 5.41) is 2.98. The fourth-order valence-electron chi connectivity index (χ4n) is 2.71. The minimum absolute atomic E-state index is 0.00468. The van der Waals surface area contributed by atoms with Crippen molar-refractivity contribution in [2.45, 2.75) is 13.5 Å². The Labute approximate surface area is 167 Å². The Balaban J connectivity index is 1.86. The lowest BCUT2D eigenvalue weighted by Crippen LogP contribution is -2.29. The number of benzene rings is 2. The van der Waals surface area contributed by atoms with Gasteiger partial charge in [-0.25, -0.2) is 12.8 Å². The predicted octanol–water partition coefficient (Wildman–Crippen LogP) is 3.78. The van der Waals surface area contributed by atoms with Crippen molar-refractivity contribution < 1.29 is 22.3 Å². The molecule has 0 aliphatic carbocycles. The Morgan fingerprint density at radius 3 is 2.61 bits per heavy atom. The van der Waals surface area contributed by atoms with Crippen LogP contribution in [0.1, 0.15) is 22.2 Å². The van der Waals surface area contributed by atoms with Gasteiger partial charge in [0.15, 0.2) is 9.84 Å². The highest BCUT2D eigenvalue weighted by atomic mass is 32.2. The van der Waals surface area contributed by atoms with Crippen LogP contribution in [0.15, 0.2) is 48.5 Å². The van der Waals surface area contributed by atoms with E-state index >= 15 is 0 Å². The van der Waals surface area contributed by atoms with E-state index in [1.54, 1.807) is 31.2 Å². The van der Waals surface area contributed by atoms with Crippen molar-refractivity contribution in [3.05, 3.63) is 64.8 Å². The normalized spacial score (nSPS) is 11.5. The van der Waals surface area contributed by atoms with E-state index in [1.165, 1.54) is 6.07 Å². The van der Waals surface area contributed by atoms with E-state index < -0.39 is 21.6 Å². The lowest BCUT2D eigenvalue weighted by Gasteiger charge is -2.09. The van der Waals surface area contributed by atoms with E-state index in [9.17, 15) is 17.6 Å². The van der Waals surface area contributed by atoms with Crippen LogP contribution < -0.4 is 10.1 Å². The van der Waals surface area contributed by atoms with E-state index in [0.717, 1.165) is 11.3 Å². The molecule has 0 unspecified atom stereocenters. The largest absolute Gasteiger partial charge is 0.489 e. The maximum Gasteiger partial charge on any atom is 0.261 e. The molecular formula is C20H20FNO4S2. The van der Waals surface area contributed by atoms with Crippen LogP contribution in [0.3, 0.4) is 0 Å². The van der Waals surface area contributed by atoms with E-state index in [1.807, 2.05) is 18.2 Å². The van der Waals surface area contributed by atoms with Gasteiger partial charge < -0.3 is 10.1 Å². The van der Waals surface area contributed by atoms with Crippen molar-refractivity contribution in [2.24, 2.45) is 0 Å². The van der Waals surface area contributed by atoms with Crippen LogP contribution in [0, 0.1) is 5.82 Å². The van der Waals surface area contributed by atoms with Crippen molar-refractivity contribution in [1.29, 1.82) is 0 Å². The lowest BCUT2D eigenvalue weighted by molar-refractivity contribution is 0.0958. The molecule has 0 atom stereocenters. The first kappa shape index (κ1) is 20.3. The van der Waals surface area contributed by atoms with Gasteiger partial charge in [0.2, 0.25) is 0 Å². The molecule has 0 bridgehead atoms. The Kier molecular flexibility index (Phi) is 6.31. The molecule has 2 aromatic carbocycles. The van der Waals surface area contributed by atoms with Gasteiger partial charge in [0, 0.05) is 27.9 Å². The molecule has 3 aromatic rings. The minimum atomic E-state index is -3.18. The number of hydrogen-bond acceptors (Lipinski definition) is 5. The summed E-state index contributed by atoms with van der Waals surface area (Å²) < 4.78 is 44.0. The molecule has 0 aliphatic rings. The zero-order chi connectivity index (χ0) is 20.1. The van der Waals surface area contributed by atoms with Crippen LogP contribution in [0.2, 0.25) is 0 Å². The zero-order valence-corrected chi connectivity index (χ0v) is 16.9. The SMILES string of the molecule is CCS(=O)(=O)CCNC(=O)c1sc2cccc(F)c2c1COc1ccccc1. The number of hydrogen-bond donors (Lipinski definition) is 1. The summed E-state index contributed by atoms with van der Waals surface area (Å²) in [5.74, 6) is -0.359. The first-order valence-electron chi connectivity index (χ1n) is 8.77. The number of sulfone groups is 1. The van der Waals surface area contributed by atoms with Crippen LogP contribution >= 0.6 is 11.3 Å². The number of fused-ring (bicyclic) bond motifs is 1. The van der Waals surface area contributed by atoms with Gasteiger partial charge >= 0.3 is 0 Å². The van der Waals surface area contributed by atoms with Crippen molar-refractivity contribution in [3.63, 3.8) is 0 Å². The van der Waals surface area contributed by atoms with Crippen molar-refractivity contribution in [1.82, 2.24) is 5.32 Å². The second-order valence-electron chi connectivity index (χ2n) is 6.12. The quantitative estimate of drug-likeness (QED) is 0.601. The summed E-state index contributed by atoms with van der Waals surface area (Å²) >= 11 is 1.16. The third-order valence-corrected chi connectivity index (χ3v) is 7.14. The summed E-state index contributed by atoms with van der Waals surface area (Å²) in [5.41, 5.74) is 0.456. The van der Waals surface area contributed by atoms with Gasteiger partial charge in [0.25, 0.3) is 5.91 Å². The van der Waals surface area contributed by atoms with Gasteiger partial charge in [-0.2, -0.15) is 0 Å². The van der Waals surface area contributed by atoms with Gasteiger partial charge in [-0.05, 0) is 24.3 Å². The molecule has 1 amide bonds. The summed E-state index contributed by atoms with van der Waals surface area (Å²) in [7, 11) is -3.18. The molecule has 0 spiro atoms. The number of carbonyl (C=O) groups excluding carboxylic acids is 1. The number of para-hydroxylation sites is 1. The number of carbonyl (C=O) groups is 1. The molecule has 3 rings (SSSR count). The maximum atomic E-state index is 14.4. The number of rotatable bonds is 8. The Hall–Kier alpha value is -2.45. The topological polar surface area (TPSA) is 72.5 Å². The summed E-state index contributed by atoms with van der Waals surface area (Å²) in [6, 6.07) is 13.7. The fourth-order valence-corrected chi connectivity index (χ4v) is 4.55. The van der Waals surface area contributed by atoms with Gasteiger partial charge in [-0.1, -0.05) is 31.2 Å². The monoisotopic (exact) mass is 421 g/mol. The lowest BCUT2D eigenvalue weighted by atomic mass is 10.1. The molecule has 1 N–H and O–H groups in total. The van der Waals surface area contributed by atoms with E-state index in [-0.39, 0.29) is 24.7 Å². The standard InChI is InChI=1S/C20H20FNO4S2/c1-2-28(24,25)12-11-22-20(23)19-15(13-26-14-7-4-3-5-8-14)18-16(21)9-6-10-17(18)27-19/h3-10H,2,11-13H2,1H3,(H,22,23). The maximum absolute atomic E-state index is 14.4. The number of ether oxygens (including phenoxy) is 1. The highest BCUT2D eigenvalue weighted by Crippen LogP contribution is 2.34. The Bertz CT molecular complexity index is 1080. The van der Waals surface area contributed by atoms with Gasteiger partial charge in [-0.15, -0.1) is 11.3 Å². The second kappa shape index (κ2) is 8.70. The average Bonchev–Trinajstić information content (AvgIpc) is 3.07. The Morgan fingerprint density at radius 1 is 1.14 bits per heavy atom. The molecule has 0 saturated carbocycles. The summed E-state index contributed by atoms with van der Waals surface area (Å²) in [4.78, 5) is 13.0. The van der Waals surface area contributed by atoms with Crippen LogP contribution in [0.4, 0.5) is 4.39 Å². The molecule has 8 heteroatoms. The van der Waals surface area contributed by atoms with Crippen LogP contribution in [-0.2, 0) is 16.4 Å². The minimum Gasteiger partial charge on any atom is -0.489 e. The number of amides is 1. The first-order chi connectivity index (χ1) is 13.4. The first-order valence-corrected chi connectivity index (χ1v) is 11.4. The van der Waals surface area contributed by atoms with Gasteiger partial charge in [0.05, 0.1) is 10.6 Å². The summed E-state index contributed by atoms with van der Waals surface area (Å²) in [6.45, 7) is 1.59. The van der Waals surface area contributed by atoms with E-state index in [2.05, 4.69) is 5.32 Å². The van der Waals surface area contributed by atoms with Gasteiger partial charge in [0.1, 0.15) is 18.2 Å². The molecule has 1 heterocycles. The molecule has 1 aromatic heterocycles. The average molecular weight is 422 g/mol. The number of nitrogens with one attached hydrogen (secondary N) is 1. The molecular weight excluding hydrogens is 401 g/mol. The smallest absolute Gasteiger partial charge is 0.261 e. The molecule has 0 saturated heterocycles. The molecule has 0 aliphatic heterocycles. The molecule has 0 fully saturated rings. The second-order valence-corrected chi connectivity index (χ2v) is 9.64. The third-order valence-electron chi connectivity index (χ3n) is 4.23. The highest BCUT2D eigenvalue weighted by Gasteiger charge is 2.21. The summed E-state index contributed by atoms with van der Waals surface area (Å²) in [6.07, 6.45) is 0. The Morgan fingerprint density at radius 2 is 1.89 bits per heavy atom. The van der Waals surface area contributed by atoms with Crippen molar-refractivity contribution in [3.8, 4) is 5.75 Å². The van der Waals surface area contributed by atoms with Crippen molar-refractivity contribution >= 4 is 37.2 Å². The van der Waals surface area contributed by atoms with E-state index in [0.29, 0.717) is 26.3 Å². The molecule has 28 heavy (non-hydrogen) atoms. The van der Waals surface area contributed by atoms with Crippen LogP contribution in [0.5, 0.6) is 5.75 Å². The van der Waals surface area contributed by atoms with Crippen molar-refractivity contribution in [2.75, 3.05) is 18.1 Å². The fraction of sp³-hybridized carbons (Fsp3) is 0.250. The highest BCUT2D eigenvalue weighted by molar-refractivity contribution is 7.91. The number of halogens is 1. The predicted molar refractivity (Wildman–Crippen MR) is 109 cm³/mol. The molecule has 148 valence electrons. The number of thiophene rings is 1. The molecule has 5 nitrogen and oxygen atoms in total. The van der Waals surface area contributed by atoms with Crippen LogP contribution in [-0.4, -0.2) is 32.4 Å². The van der Waals surface area contributed by atoms with Gasteiger partial charge in [-0.3, -0.25) is 4.79 Å². The molecule has 0 radical (unpaired) electrons. The van der Waals surface area contributed by atoms with Crippen LogP contribution in [0.25, 0.3) is 10.1 Å². The van der Waals surface area contributed by atoms with E-state index in [4.69, 9.17) is 4.74 Å². The zero-order valence-electron chi connectivity index (χ0n) is 15.3.